The van der Waals surface area contributed by atoms with Crippen LogP contribution in [0.1, 0.15) is 34.8 Å². The van der Waals surface area contributed by atoms with Gasteiger partial charge in [0.2, 0.25) is 10.0 Å². The molecule has 0 spiro atoms. The number of hydrogen-bond donors (Lipinski definition) is 1. The number of carbonyl (C=O) groups is 1. The summed E-state index contributed by atoms with van der Waals surface area (Å²) in [6.07, 6.45) is 3.00. The molecule has 1 saturated heterocycles. The summed E-state index contributed by atoms with van der Waals surface area (Å²) in [6, 6.07) is 16.7. The van der Waals surface area contributed by atoms with Gasteiger partial charge in [-0.15, -0.1) is 0 Å². The summed E-state index contributed by atoms with van der Waals surface area (Å²) in [6.45, 7) is 0.710. The average molecular weight is 344 g/mol. The zero-order valence-electron chi connectivity index (χ0n) is 13.5. The third-order valence-corrected chi connectivity index (χ3v) is 4.72. The molecule has 0 radical (unpaired) electrons. The van der Waals surface area contributed by atoms with Gasteiger partial charge in [0, 0.05) is 17.8 Å². The molecule has 1 aliphatic heterocycles. The van der Waals surface area contributed by atoms with Gasteiger partial charge in [-0.25, -0.2) is 8.42 Å². The number of nitrogens with zero attached hydrogens (tertiary/aromatic N) is 1. The first kappa shape index (κ1) is 16.5. The van der Waals surface area contributed by atoms with Crippen LogP contribution in [-0.4, -0.2) is 32.0 Å². The number of sulfonamides is 1. The number of rotatable bonds is 4. The summed E-state index contributed by atoms with van der Waals surface area (Å²) in [4.78, 5) is 14.8. The molecule has 1 fully saturated rings. The fourth-order valence-electron chi connectivity index (χ4n) is 3.13. The zero-order chi connectivity index (χ0) is 17.2. The Balaban J connectivity index is 1.84. The standard InChI is InChI=1S/C18H20N2O3S/c1-24(22,23)19-16-10-5-9-15(13-16)18(21)20-12-6-11-17(20)14-7-3-2-4-8-14/h2-5,7-10,13,17,19H,6,11-12H2,1H3/t17-/m1/s1. The minimum Gasteiger partial charge on any atom is -0.332 e. The monoisotopic (exact) mass is 344 g/mol. The highest BCUT2D eigenvalue weighted by Gasteiger charge is 2.30. The van der Waals surface area contributed by atoms with Crippen LogP contribution in [0.25, 0.3) is 0 Å². The van der Waals surface area contributed by atoms with E-state index in [1.54, 1.807) is 24.3 Å². The van der Waals surface area contributed by atoms with Crippen molar-refractivity contribution in [1.29, 1.82) is 0 Å². The second kappa shape index (κ2) is 6.65. The van der Waals surface area contributed by atoms with E-state index in [0.717, 1.165) is 24.7 Å². The van der Waals surface area contributed by atoms with Crippen LogP contribution in [0.4, 0.5) is 5.69 Å². The van der Waals surface area contributed by atoms with Crippen molar-refractivity contribution in [3.05, 3.63) is 65.7 Å². The van der Waals surface area contributed by atoms with Crippen molar-refractivity contribution in [3.8, 4) is 0 Å². The minimum absolute atomic E-state index is 0.0708. The van der Waals surface area contributed by atoms with E-state index in [4.69, 9.17) is 0 Å². The summed E-state index contributed by atoms with van der Waals surface area (Å²) < 4.78 is 25.1. The number of carbonyl (C=O) groups excluding carboxylic acids is 1. The second-order valence-electron chi connectivity index (χ2n) is 6.02. The second-order valence-corrected chi connectivity index (χ2v) is 7.77. The van der Waals surface area contributed by atoms with Crippen LogP contribution >= 0.6 is 0 Å². The van der Waals surface area contributed by atoms with Crippen molar-refractivity contribution in [2.24, 2.45) is 0 Å². The van der Waals surface area contributed by atoms with Crippen molar-refractivity contribution >= 4 is 21.6 Å². The lowest BCUT2D eigenvalue weighted by Gasteiger charge is -2.25. The smallest absolute Gasteiger partial charge is 0.254 e. The highest BCUT2D eigenvalue weighted by Crippen LogP contribution is 2.33. The first-order chi connectivity index (χ1) is 11.4. The van der Waals surface area contributed by atoms with Crippen LogP contribution in [0, 0.1) is 0 Å². The first-order valence-electron chi connectivity index (χ1n) is 7.88. The van der Waals surface area contributed by atoms with Crippen molar-refractivity contribution < 1.29 is 13.2 Å². The Morgan fingerprint density at radius 1 is 1.12 bits per heavy atom. The van der Waals surface area contributed by atoms with E-state index >= 15 is 0 Å². The maximum Gasteiger partial charge on any atom is 0.254 e. The normalized spacial score (nSPS) is 17.7. The topological polar surface area (TPSA) is 66.5 Å². The van der Waals surface area contributed by atoms with Crippen LogP contribution < -0.4 is 4.72 Å². The van der Waals surface area contributed by atoms with Crippen LogP contribution in [0.3, 0.4) is 0 Å². The van der Waals surface area contributed by atoms with E-state index in [1.165, 1.54) is 0 Å². The molecule has 126 valence electrons. The molecule has 0 unspecified atom stereocenters. The van der Waals surface area contributed by atoms with Crippen molar-refractivity contribution in [2.45, 2.75) is 18.9 Å². The zero-order valence-corrected chi connectivity index (χ0v) is 14.3. The number of hydrogen-bond acceptors (Lipinski definition) is 3. The van der Waals surface area contributed by atoms with Gasteiger partial charge in [0.1, 0.15) is 0 Å². The minimum atomic E-state index is -3.37. The average Bonchev–Trinajstić information content (AvgIpc) is 3.03. The maximum atomic E-state index is 12.9. The number of nitrogens with one attached hydrogen (secondary N) is 1. The molecule has 0 bridgehead atoms. The molecule has 3 rings (SSSR count). The molecule has 1 atom stereocenters. The summed E-state index contributed by atoms with van der Waals surface area (Å²) in [5.41, 5.74) is 2.03. The molecule has 2 aromatic carbocycles. The lowest BCUT2D eigenvalue weighted by atomic mass is 10.0. The highest BCUT2D eigenvalue weighted by molar-refractivity contribution is 7.92. The van der Waals surface area contributed by atoms with Crippen LogP contribution in [0.5, 0.6) is 0 Å². The molecule has 0 aromatic heterocycles. The van der Waals surface area contributed by atoms with Gasteiger partial charge in [0.25, 0.3) is 5.91 Å². The van der Waals surface area contributed by atoms with Gasteiger partial charge in [-0.2, -0.15) is 0 Å². The summed E-state index contributed by atoms with van der Waals surface area (Å²) >= 11 is 0. The number of anilines is 1. The molecule has 1 heterocycles. The van der Waals surface area contributed by atoms with Gasteiger partial charge in [0.05, 0.1) is 12.3 Å². The highest BCUT2D eigenvalue weighted by atomic mass is 32.2. The third kappa shape index (κ3) is 3.76. The molecular formula is C18H20N2O3S. The molecule has 0 aliphatic carbocycles. The molecule has 5 nitrogen and oxygen atoms in total. The van der Waals surface area contributed by atoms with Crippen molar-refractivity contribution in [2.75, 3.05) is 17.5 Å². The Labute approximate surface area is 142 Å². The lowest BCUT2D eigenvalue weighted by molar-refractivity contribution is 0.0735. The summed E-state index contributed by atoms with van der Waals surface area (Å²) in [7, 11) is -3.37. The van der Waals surface area contributed by atoms with Crippen LogP contribution in [0.2, 0.25) is 0 Å². The predicted octanol–water partition coefficient (Wildman–Crippen LogP) is 3.04. The largest absolute Gasteiger partial charge is 0.332 e. The summed E-state index contributed by atoms with van der Waals surface area (Å²) in [5, 5.41) is 0. The van der Waals surface area contributed by atoms with Crippen LogP contribution in [0.15, 0.2) is 54.6 Å². The molecule has 6 heteroatoms. The third-order valence-electron chi connectivity index (χ3n) is 4.11. The molecule has 2 aromatic rings. The van der Waals surface area contributed by atoms with E-state index in [9.17, 15) is 13.2 Å². The van der Waals surface area contributed by atoms with Crippen LogP contribution in [-0.2, 0) is 10.0 Å². The predicted molar refractivity (Wildman–Crippen MR) is 94.4 cm³/mol. The Morgan fingerprint density at radius 3 is 2.58 bits per heavy atom. The van der Waals surface area contributed by atoms with Gasteiger partial charge in [-0.05, 0) is 36.6 Å². The van der Waals surface area contributed by atoms with Gasteiger partial charge < -0.3 is 4.90 Å². The molecule has 1 N–H and O–H groups in total. The van der Waals surface area contributed by atoms with Crippen molar-refractivity contribution in [3.63, 3.8) is 0 Å². The van der Waals surface area contributed by atoms with E-state index in [2.05, 4.69) is 4.72 Å². The summed E-state index contributed by atoms with van der Waals surface area (Å²) in [5.74, 6) is -0.0708. The fourth-order valence-corrected chi connectivity index (χ4v) is 3.68. The molecular weight excluding hydrogens is 324 g/mol. The van der Waals surface area contributed by atoms with Gasteiger partial charge >= 0.3 is 0 Å². The number of amides is 1. The molecule has 1 amide bonds. The number of benzene rings is 2. The number of likely N-dealkylation sites (tertiary alicyclic amines) is 1. The Kier molecular flexibility index (Phi) is 4.57. The van der Waals surface area contributed by atoms with Gasteiger partial charge in [-0.1, -0.05) is 36.4 Å². The molecule has 0 saturated carbocycles. The van der Waals surface area contributed by atoms with E-state index in [0.29, 0.717) is 17.8 Å². The Morgan fingerprint density at radius 2 is 1.88 bits per heavy atom. The SMILES string of the molecule is CS(=O)(=O)Nc1cccc(C(=O)N2CCC[C@@H]2c2ccccc2)c1. The first-order valence-corrected chi connectivity index (χ1v) is 9.77. The quantitative estimate of drug-likeness (QED) is 0.927. The molecule has 24 heavy (non-hydrogen) atoms. The van der Waals surface area contributed by atoms with E-state index in [-0.39, 0.29) is 11.9 Å². The maximum absolute atomic E-state index is 12.9. The van der Waals surface area contributed by atoms with E-state index < -0.39 is 10.0 Å². The van der Waals surface area contributed by atoms with Gasteiger partial charge in [-0.3, -0.25) is 9.52 Å². The van der Waals surface area contributed by atoms with E-state index in [1.807, 2.05) is 35.2 Å². The Hall–Kier alpha value is -2.34. The Bertz CT molecular complexity index is 834. The van der Waals surface area contributed by atoms with Crippen molar-refractivity contribution in [1.82, 2.24) is 4.90 Å². The lowest BCUT2D eigenvalue weighted by Crippen LogP contribution is -2.30. The fraction of sp³-hybridized carbons (Fsp3) is 0.278. The van der Waals surface area contributed by atoms with Gasteiger partial charge in [0.15, 0.2) is 0 Å². The molecule has 1 aliphatic rings.